The number of methoxy groups -OCH3 is 1. The molecule has 1 atom stereocenters. The monoisotopic (exact) mass is 460 g/mol. The van der Waals surface area contributed by atoms with Gasteiger partial charge in [-0.15, -0.1) is 0 Å². The number of benzene rings is 1. The average molecular weight is 461 g/mol. The first kappa shape index (κ1) is 24.3. The van der Waals surface area contributed by atoms with Crippen LogP contribution in [-0.2, 0) is 27.7 Å². The third-order valence-electron chi connectivity index (χ3n) is 5.73. The van der Waals surface area contributed by atoms with Gasteiger partial charge in [-0.05, 0) is 51.0 Å². The van der Waals surface area contributed by atoms with Crippen molar-refractivity contribution in [3.63, 3.8) is 0 Å². The first-order valence-corrected chi connectivity index (χ1v) is 14.6. The number of nitrogens with zero attached hydrogens (tertiary/aromatic N) is 2. The largest absolute Gasteiger partial charge is 0.465 e. The van der Waals surface area contributed by atoms with E-state index in [0.29, 0.717) is 31.7 Å². The molecule has 7 nitrogen and oxygen atoms in total. The van der Waals surface area contributed by atoms with Crippen LogP contribution in [-0.4, -0.2) is 68.1 Å². The molecule has 2 heterocycles. The van der Waals surface area contributed by atoms with E-state index >= 15 is 0 Å². The van der Waals surface area contributed by atoms with Crippen LogP contribution in [0.25, 0.3) is 10.9 Å². The Balaban J connectivity index is 2.09. The molecule has 1 aliphatic rings. The second kappa shape index (κ2) is 8.90. The number of hydrogen-bond donors (Lipinski definition) is 0. The standard InChI is InChI=1S/C24H36N2O5Si/c1-24(2,3)31-23(28)26-11-12-30-15-17(26)14-19-18-13-16(22(27)29-5)9-10-20(18)25(4)21(19)32(6,7)8/h9-10,13,17H,11-12,14-15H2,1-8H3/t17-/m0/s1. The zero-order valence-corrected chi connectivity index (χ0v) is 21.6. The highest BCUT2D eigenvalue weighted by Gasteiger charge is 2.34. The highest BCUT2D eigenvalue weighted by atomic mass is 28.3. The third kappa shape index (κ3) is 5.01. The number of ether oxygens (including phenoxy) is 3. The molecule has 1 aliphatic heterocycles. The van der Waals surface area contributed by atoms with E-state index in [0.717, 1.165) is 10.9 Å². The normalized spacial score (nSPS) is 17.5. The van der Waals surface area contributed by atoms with Crippen molar-refractivity contribution in [1.29, 1.82) is 0 Å². The SMILES string of the molecule is COC(=O)c1ccc2c(c1)c(C[C@H]1COCCN1C(=O)OC(C)(C)C)c([Si](C)(C)C)n2C. The molecule has 0 radical (unpaired) electrons. The fourth-order valence-corrected chi connectivity index (χ4v) is 6.82. The molecule has 1 fully saturated rings. The second-order valence-electron chi connectivity index (χ2n) is 10.5. The van der Waals surface area contributed by atoms with Gasteiger partial charge in [-0.3, -0.25) is 0 Å². The van der Waals surface area contributed by atoms with Gasteiger partial charge in [0.1, 0.15) is 5.60 Å². The minimum atomic E-state index is -1.76. The Kier molecular flexibility index (Phi) is 6.77. The van der Waals surface area contributed by atoms with E-state index < -0.39 is 13.7 Å². The van der Waals surface area contributed by atoms with Crippen LogP contribution in [0.15, 0.2) is 18.2 Å². The van der Waals surface area contributed by atoms with Gasteiger partial charge >= 0.3 is 12.1 Å². The van der Waals surface area contributed by atoms with E-state index in [4.69, 9.17) is 14.2 Å². The number of aryl methyl sites for hydroxylation is 1. The van der Waals surface area contributed by atoms with Gasteiger partial charge in [0.15, 0.2) is 0 Å². The lowest BCUT2D eigenvalue weighted by Crippen LogP contribution is -2.52. The van der Waals surface area contributed by atoms with Crippen LogP contribution >= 0.6 is 0 Å². The van der Waals surface area contributed by atoms with Crippen LogP contribution in [0.2, 0.25) is 19.6 Å². The maximum absolute atomic E-state index is 12.9. The molecule has 0 bridgehead atoms. The van der Waals surface area contributed by atoms with Crippen molar-refractivity contribution in [1.82, 2.24) is 9.47 Å². The second-order valence-corrected chi connectivity index (χ2v) is 15.4. The smallest absolute Gasteiger partial charge is 0.410 e. The molecule has 8 heteroatoms. The summed E-state index contributed by atoms with van der Waals surface area (Å²) in [6.45, 7) is 14.0. The van der Waals surface area contributed by atoms with Gasteiger partial charge in [0, 0.05) is 29.8 Å². The average Bonchev–Trinajstić information content (AvgIpc) is 2.97. The summed E-state index contributed by atoms with van der Waals surface area (Å²) in [4.78, 5) is 26.9. The van der Waals surface area contributed by atoms with Crippen LogP contribution in [0.4, 0.5) is 4.79 Å². The van der Waals surface area contributed by atoms with Gasteiger partial charge in [-0.2, -0.15) is 0 Å². The molecule has 0 N–H and O–H groups in total. The summed E-state index contributed by atoms with van der Waals surface area (Å²) in [6, 6.07) is 5.57. The molecular weight excluding hydrogens is 424 g/mol. The van der Waals surface area contributed by atoms with Gasteiger partial charge < -0.3 is 23.7 Å². The van der Waals surface area contributed by atoms with Gasteiger partial charge in [-0.1, -0.05) is 19.6 Å². The van der Waals surface area contributed by atoms with Gasteiger partial charge in [0.2, 0.25) is 0 Å². The first-order valence-electron chi connectivity index (χ1n) is 11.1. The number of amides is 1. The number of carbonyl (C=O) groups is 2. The Labute approximate surface area is 191 Å². The van der Waals surface area contributed by atoms with E-state index in [2.05, 4.69) is 31.3 Å². The van der Waals surface area contributed by atoms with Crippen molar-refractivity contribution in [2.75, 3.05) is 26.9 Å². The summed E-state index contributed by atoms with van der Waals surface area (Å²) in [6.07, 6.45) is 0.330. The van der Waals surface area contributed by atoms with E-state index in [1.165, 1.54) is 18.0 Å². The number of carbonyl (C=O) groups excluding carboxylic acids is 2. The number of hydrogen-bond acceptors (Lipinski definition) is 5. The van der Waals surface area contributed by atoms with Crippen molar-refractivity contribution in [3.8, 4) is 0 Å². The zero-order chi connectivity index (χ0) is 23.8. The Morgan fingerprint density at radius 3 is 2.50 bits per heavy atom. The molecule has 0 saturated carbocycles. The van der Waals surface area contributed by atoms with E-state index in [1.807, 2.05) is 39.0 Å². The van der Waals surface area contributed by atoms with Crippen LogP contribution in [0.1, 0.15) is 36.7 Å². The highest BCUT2D eigenvalue weighted by molar-refractivity contribution is 6.88. The fraction of sp³-hybridized carbons (Fsp3) is 0.583. The minimum Gasteiger partial charge on any atom is -0.465 e. The molecule has 1 aromatic heterocycles. The molecule has 1 saturated heterocycles. The Hall–Kier alpha value is -2.32. The molecule has 2 aromatic rings. The number of rotatable bonds is 4. The van der Waals surface area contributed by atoms with Crippen LogP contribution < -0.4 is 5.32 Å². The van der Waals surface area contributed by atoms with Crippen LogP contribution in [0.5, 0.6) is 0 Å². The van der Waals surface area contributed by atoms with Crippen molar-refractivity contribution < 1.29 is 23.8 Å². The third-order valence-corrected chi connectivity index (χ3v) is 7.79. The van der Waals surface area contributed by atoms with Gasteiger partial charge in [0.05, 0.1) is 40.0 Å². The van der Waals surface area contributed by atoms with Crippen molar-refractivity contribution in [3.05, 3.63) is 29.3 Å². The summed E-state index contributed by atoms with van der Waals surface area (Å²) < 4.78 is 18.6. The van der Waals surface area contributed by atoms with Gasteiger partial charge in [0.25, 0.3) is 0 Å². The number of morpholine rings is 1. The Morgan fingerprint density at radius 2 is 1.91 bits per heavy atom. The maximum Gasteiger partial charge on any atom is 0.410 e. The predicted molar refractivity (Wildman–Crippen MR) is 128 cm³/mol. The number of aromatic nitrogens is 1. The summed E-state index contributed by atoms with van der Waals surface area (Å²) in [5.41, 5.74) is 2.22. The van der Waals surface area contributed by atoms with E-state index in [-0.39, 0.29) is 18.1 Å². The zero-order valence-electron chi connectivity index (χ0n) is 20.6. The number of esters is 1. The molecule has 0 aliphatic carbocycles. The molecular formula is C24H36N2O5Si. The lowest BCUT2D eigenvalue weighted by atomic mass is 10.0. The fourth-order valence-electron chi connectivity index (χ4n) is 4.55. The van der Waals surface area contributed by atoms with Crippen molar-refractivity contribution >= 4 is 36.4 Å². The molecule has 0 unspecified atom stereocenters. The molecule has 0 spiro atoms. The highest BCUT2D eigenvalue weighted by Crippen LogP contribution is 2.27. The quantitative estimate of drug-likeness (QED) is 0.514. The molecule has 176 valence electrons. The van der Waals surface area contributed by atoms with Crippen molar-refractivity contribution in [2.24, 2.45) is 7.05 Å². The van der Waals surface area contributed by atoms with Crippen molar-refractivity contribution in [2.45, 2.75) is 58.5 Å². The Bertz CT molecular complexity index is 1020. The lowest BCUT2D eigenvalue weighted by molar-refractivity contribution is -0.0318. The van der Waals surface area contributed by atoms with Crippen LogP contribution in [0.3, 0.4) is 0 Å². The van der Waals surface area contributed by atoms with E-state index in [9.17, 15) is 9.59 Å². The Morgan fingerprint density at radius 1 is 1.22 bits per heavy atom. The molecule has 1 aromatic carbocycles. The first-order chi connectivity index (χ1) is 14.8. The topological polar surface area (TPSA) is 70.0 Å². The molecule has 3 rings (SSSR count). The summed E-state index contributed by atoms with van der Waals surface area (Å²) in [5, 5.41) is 2.34. The lowest BCUT2D eigenvalue weighted by Gasteiger charge is -2.37. The van der Waals surface area contributed by atoms with Gasteiger partial charge in [-0.25, -0.2) is 9.59 Å². The predicted octanol–water partition coefficient (Wildman–Crippen LogP) is 3.69. The summed E-state index contributed by atoms with van der Waals surface area (Å²) in [7, 11) is 1.72. The van der Waals surface area contributed by atoms with Crippen LogP contribution in [0, 0.1) is 0 Å². The summed E-state index contributed by atoms with van der Waals surface area (Å²) in [5.74, 6) is -0.354. The maximum atomic E-state index is 12.9. The summed E-state index contributed by atoms with van der Waals surface area (Å²) >= 11 is 0. The molecule has 32 heavy (non-hydrogen) atoms. The van der Waals surface area contributed by atoms with E-state index in [1.54, 1.807) is 4.90 Å². The molecule has 1 amide bonds. The number of fused-ring (bicyclic) bond motifs is 1. The minimum absolute atomic E-state index is 0.138.